The number of aromatic nitrogens is 2. The number of hydrogen-bond donors (Lipinski definition) is 2. The molecule has 2 N–H and O–H groups in total. The molecule has 22 heavy (non-hydrogen) atoms. The highest BCUT2D eigenvalue weighted by atomic mass is 16.2. The van der Waals surface area contributed by atoms with Crippen molar-refractivity contribution in [2.45, 2.75) is 13.5 Å². The third kappa shape index (κ3) is 2.52. The number of carbonyl (C=O) groups is 2. The van der Waals surface area contributed by atoms with Gasteiger partial charge in [-0.2, -0.15) is 5.10 Å². The highest BCUT2D eigenvalue weighted by Crippen LogP contribution is 2.32. The van der Waals surface area contributed by atoms with E-state index in [4.69, 9.17) is 0 Å². The van der Waals surface area contributed by atoms with Crippen molar-refractivity contribution >= 4 is 29.1 Å². The fourth-order valence-corrected chi connectivity index (χ4v) is 2.49. The molecule has 1 aromatic heterocycles. The Hall–Kier alpha value is -2.83. The van der Waals surface area contributed by atoms with Gasteiger partial charge in [0.05, 0.1) is 6.54 Å². The van der Waals surface area contributed by atoms with Gasteiger partial charge in [0.1, 0.15) is 5.82 Å². The summed E-state index contributed by atoms with van der Waals surface area (Å²) in [5.41, 5.74) is 1.62. The third-order valence-electron chi connectivity index (χ3n) is 3.60. The molecule has 7 nitrogen and oxygen atoms in total. The van der Waals surface area contributed by atoms with Crippen LogP contribution in [0.15, 0.2) is 30.3 Å². The van der Waals surface area contributed by atoms with Crippen molar-refractivity contribution in [1.29, 1.82) is 0 Å². The lowest BCUT2D eigenvalue weighted by atomic mass is 10.1. The molecule has 2 aromatic rings. The van der Waals surface area contributed by atoms with Crippen LogP contribution >= 0.6 is 0 Å². The smallest absolute Gasteiger partial charge is 0.320 e. The molecule has 2 amide bonds. The highest BCUT2D eigenvalue weighted by molar-refractivity contribution is 5.95. The number of urea groups is 1. The second-order valence-corrected chi connectivity index (χ2v) is 5.07. The van der Waals surface area contributed by atoms with Gasteiger partial charge in [-0.25, -0.2) is 9.48 Å². The molecule has 114 valence electrons. The molecule has 0 spiro atoms. The molecule has 0 radical (unpaired) electrons. The maximum atomic E-state index is 11.5. The van der Waals surface area contributed by atoms with Gasteiger partial charge >= 0.3 is 6.03 Å². The number of benzene rings is 1. The second kappa shape index (κ2) is 5.51. The Balaban J connectivity index is 1.89. The Morgan fingerprint density at radius 1 is 1.23 bits per heavy atom. The minimum absolute atomic E-state index is 0.0385. The van der Waals surface area contributed by atoms with Gasteiger partial charge in [0.25, 0.3) is 0 Å². The van der Waals surface area contributed by atoms with Gasteiger partial charge in [-0.05, 0) is 19.1 Å². The molecular formula is C15H17N5O2. The van der Waals surface area contributed by atoms with Crippen LogP contribution in [0.4, 0.5) is 22.1 Å². The van der Waals surface area contributed by atoms with E-state index in [1.165, 1.54) is 0 Å². The summed E-state index contributed by atoms with van der Waals surface area (Å²) in [7, 11) is 1.55. The van der Waals surface area contributed by atoms with Crippen molar-refractivity contribution in [2.75, 3.05) is 23.8 Å². The van der Waals surface area contributed by atoms with Gasteiger partial charge in [-0.15, -0.1) is 0 Å². The van der Waals surface area contributed by atoms with Crippen molar-refractivity contribution < 1.29 is 9.59 Å². The van der Waals surface area contributed by atoms with Crippen LogP contribution in [0.25, 0.3) is 0 Å². The molecule has 2 heterocycles. The lowest BCUT2D eigenvalue weighted by Gasteiger charge is -2.17. The number of carbonyl (C=O) groups excluding carboxylic acids is 2. The number of nitrogens with zero attached hydrogens (tertiary/aromatic N) is 3. The van der Waals surface area contributed by atoms with Gasteiger partial charge in [0, 0.05) is 30.9 Å². The Morgan fingerprint density at radius 3 is 2.77 bits per heavy atom. The molecule has 0 aliphatic carbocycles. The molecule has 0 unspecified atom stereocenters. The zero-order chi connectivity index (χ0) is 15.7. The lowest BCUT2D eigenvalue weighted by molar-refractivity contribution is 0.101. The van der Waals surface area contributed by atoms with Gasteiger partial charge in [0.2, 0.25) is 0 Å². The van der Waals surface area contributed by atoms with Crippen LogP contribution in [-0.2, 0) is 6.54 Å². The van der Waals surface area contributed by atoms with Crippen molar-refractivity contribution in [3.8, 4) is 0 Å². The Morgan fingerprint density at radius 2 is 2.05 bits per heavy atom. The quantitative estimate of drug-likeness (QED) is 0.849. The van der Waals surface area contributed by atoms with Crippen LogP contribution < -0.4 is 15.5 Å². The molecular weight excluding hydrogens is 282 g/mol. The normalized spacial score (nSPS) is 12.9. The maximum Gasteiger partial charge on any atom is 0.320 e. The van der Waals surface area contributed by atoms with E-state index in [1.807, 2.05) is 28.9 Å². The van der Waals surface area contributed by atoms with E-state index in [9.17, 15) is 9.59 Å². The first-order valence-electron chi connectivity index (χ1n) is 7.03. The van der Waals surface area contributed by atoms with Crippen molar-refractivity contribution in [1.82, 2.24) is 15.1 Å². The summed E-state index contributed by atoms with van der Waals surface area (Å²) >= 11 is 0. The monoisotopic (exact) mass is 299 g/mol. The van der Waals surface area contributed by atoms with E-state index in [-0.39, 0.29) is 11.8 Å². The molecule has 0 atom stereocenters. The third-order valence-corrected chi connectivity index (χ3v) is 3.60. The largest absolute Gasteiger partial charge is 0.341 e. The summed E-state index contributed by atoms with van der Waals surface area (Å²) in [6.07, 6.45) is 0. The second-order valence-electron chi connectivity index (χ2n) is 5.07. The van der Waals surface area contributed by atoms with Gasteiger partial charge in [-0.1, -0.05) is 12.1 Å². The van der Waals surface area contributed by atoms with E-state index in [0.717, 1.165) is 24.6 Å². The first kappa shape index (κ1) is 14.1. The van der Waals surface area contributed by atoms with E-state index >= 15 is 0 Å². The fraction of sp³-hybridized carbons (Fsp3) is 0.267. The van der Waals surface area contributed by atoms with E-state index in [0.29, 0.717) is 11.4 Å². The number of anilines is 3. The number of ketones is 1. The van der Waals surface area contributed by atoms with Crippen molar-refractivity contribution in [3.05, 3.63) is 35.9 Å². The van der Waals surface area contributed by atoms with Gasteiger partial charge in [-0.3, -0.25) is 10.1 Å². The fourth-order valence-electron chi connectivity index (χ4n) is 2.49. The van der Waals surface area contributed by atoms with Crippen LogP contribution in [0.3, 0.4) is 0 Å². The summed E-state index contributed by atoms with van der Waals surface area (Å²) in [6.45, 7) is 3.07. The highest BCUT2D eigenvalue weighted by Gasteiger charge is 2.23. The Labute approximate surface area is 127 Å². The molecule has 0 fully saturated rings. The standard InChI is InChI=1S/C15H17N5O2/c1-10(21)11-4-3-5-12(8-11)19-6-7-20-14(19)9-13(18-20)17-15(22)16-2/h3-5,8-9H,6-7H2,1-2H3,(H2,16,17,18,22). The average molecular weight is 299 g/mol. The zero-order valence-corrected chi connectivity index (χ0v) is 12.5. The number of nitrogens with one attached hydrogen (secondary N) is 2. The van der Waals surface area contributed by atoms with Crippen LogP contribution in [0.1, 0.15) is 17.3 Å². The van der Waals surface area contributed by atoms with E-state index in [2.05, 4.69) is 20.6 Å². The average Bonchev–Trinajstić information content (AvgIpc) is 3.06. The number of Topliss-reactive ketones (excluding diaryl/α,β-unsaturated/α-hetero) is 1. The Bertz CT molecular complexity index is 737. The van der Waals surface area contributed by atoms with E-state index < -0.39 is 0 Å². The van der Waals surface area contributed by atoms with Crippen LogP contribution in [-0.4, -0.2) is 35.2 Å². The first-order chi connectivity index (χ1) is 10.6. The molecule has 1 aliphatic heterocycles. The maximum absolute atomic E-state index is 11.5. The zero-order valence-electron chi connectivity index (χ0n) is 12.5. The topological polar surface area (TPSA) is 79.3 Å². The molecule has 0 saturated carbocycles. The first-order valence-corrected chi connectivity index (χ1v) is 7.03. The molecule has 3 rings (SSSR count). The van der Waals surface area contributed by atoms with E-state index in [1.54, 1.807) is 20.0 Å². The number of fused-ring (bicyclic) bond motifs is 1. The van der Waals surface area contributed by atoms with Crippen LogP contribution in [0.5, 0.6) is 0 Å². The summed E-state index contributed by atoms with van der Waals surface area (Å²) in [5.74, 6) is 1.44. The van der Waals surface area contributed by atoms with Gasteiger partial charge < -0.3 is 10.2 Å². The molecule has 1 aromatic carbocycles. The molecule has 0 saturated heterocycles. The van der Waals surface area contributed by atoms with Crippen LogP contribution in [0.2, 0.25) is 0 Å². The predicted octanol–water partition coefficient (Wildman–Crippen LogP) is 1.99. The van der Waals surface area contributed by atoms with Gasteiger partial charge in [0.15, 0.2) is 11.6 Å². The molecule has 1 aliphatic rings. The predicted molar refractivity (Wildman–Crippen MR) is 83.8 cm³/mol. The van der Waals surface area contributed by atoms with Crippen LogP contribution in [0, 0.1) is 0 Å². The number of amides is 2. The minimum Gasteiger partial charge on any atom is -0.341 e. The summed E-state index contributed by atoms with van der Waals surface area (Å²) in [4.78, 5) is 25.0. The minimum atomic E-state index is -0.304. The molecule has 0 bridgehead atoms. The molecule has 7 heteroatoms. The Kier molecular flexibility index (Phi) is 3.54. The summed E-state index contributed by atoms with van der Waals surface area (Å²) in [5, 5.41) is 9.50. The number of hydrogen-bond acceptors (Lipinski definition) is 4. The van der Waals surface area contributed by atoms with Crippen molar-refractivity contribution in [2.24, 2.45) is 0 Å². The summed E-state index contributed by atoms with van der Waals surface area (Å²) in [6, 6.07) is 9.02. The number of rotatable bonds is 3. The summed E-state index contributed by atoms with van der Waals surface area (Å²) < 4.78 is 1.84. The van der Waals surface area contributed by atoms with Crippen molar-refractivity contribution in [3.63, 3.8) is 0 Å². The SMILES string of the molecule is CNC(=O)Nc1cc2n(n1)CCN2c1cccc(C(C)=O)c1. The lowest BCUT2D eigenvalue weighted by Crippen LogP contribution is -2.24.